The van der Waals surface area contributed by atoms with Crippen LogP contribution in [0.25, 0.3) is 0 Å². The van der Waals surface area contributed by atoms with Crippen molar-refractivity contribution in [3.05, 3.63) is 71.5 Å². The number of rotatable bonds is 5. The maximum absolute atomic E-state index is 12.3. The Labute approximate surface area is 131 Å². The van der Waals surface area contributed by atoms with Gasteiger partial charge in [0.1, 0.15) is 6.61 Å². The third kappa shape index (κ3) is 3.48. The second kappa shape index (κ2) is 6.82. The number of thiazole rings is 1. The number of anilines is 1. The molecule has 0 radical (unpaired) electrons. The highest BCUT2D eigenvalue weighted by Crippen LogP contribution is 2.19. The van der Waals surface area contributed by atoms with E-state index in [4.69, 9.17) is 4.74 Å². The van der Waals surface area contributed by atoms with E-state index in [1.807, 2.05) is 30.3 Å². The minimum Gasteiger partial charge on any atom is -0.486 e. The Morgan fingerprint density at radius 3 is 2.73 bits per heavy atom. The molecule has 1 N–H and O–H groups in total. The molecule has 0 spiro atoms. The summed E-state index contributed by atoms with van der Waals surface area (Å²) < 4.78 is 5.72. The highest BCUT2D eigenvalue weighted by molar-refractivity contribution is 7.13. The Hall–Kier alpha value is -2.73. The number of pyridine rings is 1. The normalized spacial score (nSPS) is 10.2. The van der Waals surface area contributed by atoms with Crippen LogP contribution in [0.1, 0.15) is 16.1 Å². The maximum atomic E-state index is 12.3. The lowest BCUT2D eigenvalue weighted by atomic mass is 10.2. The van der Waals surface area contributed by atoms with Gasteiger partial charge in [0, 0.05) is 17.8 Å². The molecule has 0 unspecified atom stereocenters. The van der Waals surface area contributed by atoms with Crippen LogP contribution in [0.2, 0.25) is 0 Å². The van der Waals surface area contributed by atoms with Gasteiger partial charge in [0.2, 0.25) is 0 Å². The molecule has 0 atom stereocenters. The van der Waals surface area contributed by atoms with Crippen molar-refractivity contribution >= 4 is 22.4 Å². The van der Waals surface area contributed by atoms with Crippen LogP contribution in [-0.2, 0) is 6.61 Å². The first kappa shape index (κ1) is 14.2. The molecule has 0 saturated heterocycles. The Kier molecular flexibility index (Phi) is 4.41. The molecule has 0 aliphatic rings. The molecule has 1 amide bonds. The third-order valence-corrected chi connectivity index (χ3v) is 3.56. The number of nitrogens with zero attached hydrogens (tertiary/aromatic N) is 2. The Bertz CT molecular complexity index is 745. The quantitative estimate of drug-likeness (QED) is 0.784. The number of ether oxygens (including phenoxy) is 1. The fourth-order valence-corrected chi connectivity index (χ4v) is 2.38. The average Bonchev–Trinajstić information content (AvgIpc) is 3.07. The van der Waals surface area contributed by atoms with Gasteiger partial charge in [-0.15, -0.1) is 11.3 Å². The van der Waals surface area contributed by atoms with Crippen molar-refractivity contribution in [2.24, 2.45) is 0 Å². The van der Waals surface area contributed by atoms with Gasteiger partial charge in [-0.2, -0.15) is 0 Å². The number of nitrogens with one attached hydrogen (secondary N) is 1. The summed E-state index contributed by atoms with van der Waals surface area (Å²) in [6.07, 6.45) is 3.19. The smallest absolute Gasteiger partial charge is 0.279 e. The number of hydrogen-bond acceptors (Lipinski definition) is 5. The van der Waals surface area contributed by atoms with Crippen LogP contribution in [0.5, 0.6) is 5.75 Å². The summed E-state index contributed by atoms with van der Waals surface area (Å²) in [6, 6.07) is 13.2. The van der Waals surface area contributed by atoms with Crippen LogP contribution in [0.15, 0.2) is 60.2 Å². The lowest BCUT2D eigenvalue weighted by Crippen LogP contribution is -2.15. The van der Waals surface area contributed by atoms with E-state index >= 15 is 0 Å². The summed E-state index contributed by atoms with van der Waals surface area (Å²) >= 11 is 1.35. The molecule has 1 aromatic carbocycles. The molecular weight excluding hydrogens is 298 g/mol. The topological polar surface area (TPSA) is 64.1 Å². The van der Waals surface area contributed by atoms with Crippen molar-refractivity contribution < 1.29 is 9.53 Å². The Balaban J connectivity index is 1.73. The second-order valence-corrected chi connectivity index (χ2v) is 5.31. The SMILES string of the molecule is O=C(Nc1nccs1)c1ncccc1OCc1ccccc1. The molecule has 3 aromatic rings. The summed E-state index contributed by atoms with van der Waals surface area (Å²) in [5.41, 5.74) is 1.27. The summed E-state index contributed by atoms with van der Waals surface area (Å²) in [6.45, 7) is 0.379. The summed E-state index contributed by atoms with van der Waals surface area (Å²) in [5.74, 6) is 0.110. The second-order valence-electron chi connectivity index (χ2n) is 4.42. The van der Waals surface area contributed by atoms with Gasteiger partial charge in [0.05, 0.1) is 0 Å². The van der Waals surface area contributed by atoms with E-state index in [2.05, 4.69) is 15.3 Å². The fourth-order valence-electron chi connectivity index (χ4n) is 1.85. The zero-order valence-corrected chi connectivity index (χ0v) is 12.4. The fraction of sp³-hybridized carbons (Fsp3) is 0.0625. The third-order valence-electron chi connectivity index (χ3n) is 2.88. The minimum atomic E-state index is -0.335. The van der Waals surface area contributed by atoms with Crippen LogP contribution >= 0.6 is 11.3 Å². The molecular formula is C16H13N3O2S. The highest BCUT2D eigenvalue weighted by Gasteiger charge is 2.15. The molecule has 0 aliphatic carbocycles. The van der Waals surface area contributed by atoms with Crippen molar-refractivity contribution in [1.29, 1.82) is 0 Å². The lowest BCUT2D eigenvalue weighted by molar-refractivity contribution is 0.101. The van der Waals surface area contributed by atoms with Gasteiger partial charge in [-0.3, -0.25) is 10.1 Å². The molecule has 22 heavy (non-hydrogen) atoms. The van der Waals surface area contributed by atoms with Gasteiger partial charge in [-0.1, -0.05) is 30.3 Å². The largest absolute Gasteiger partial charge is 0.486 e. The van der Waals surface area contributed by atoms with Crippen LogP contribution in [-0.4, -0.2) is 15.9 Å². The van der Waals surface area contributed by atoms with Gasteiger partial charge in [0.25, 0.3) is 5.91 Å². The first-order chi connectivity index (χ1) is 10.8. The van der Waals surface area contributed by atoms with Crippen molar-refractivity contribution in [3.8, 4) is 5.75 Å². The molecule has 0 saturated carbocycles. The molecule has 110 valence electrons. The summed E-state index contributed by atoms with van der Waals surface area (Å²) in [7, 11) is 0. The monoisotopic (exact) mass is 311 g/mol. The van der Waals surface area contributed by atoms with Crippen LogP contribution in [0.3, 0.4) is 0 Å². The van der Waals surface area contributed by atoms with E-state index in [-0.39, 0.29) is 11.6 Å². The maximum Gasteiger partial charge on any atom is 0.279 e. The van der Waals surface area contributed by atoms with Crippen molar-refractivity contribution in [1.82, 2.24) is 9.97 Å². The molecule has 2 aromatic heterocycles. The van der Waals surface area contributed by atoms with E-state index in [1.54, 1.807) is 29.9 Å². The predicted molar refractivity (Wildman–Crippen MR) is 85.1 cm³/mol. The molecule has 6 heteroatoms. The first-order valence-corrected chi connectivity index (χ1v) is 7.53. The van der Waals surface area contributed by atoms with Crippen LogP contribution in [0.4, 0.5) is 5.13 Å². The molecule has 2 heterocycles. The summed E-state index contributed by atoms with van der Waals surface area (Å²) in [4.78, 5) is 20.4. The van der Waals surface area contributed by atoms with Crippen molar-refractivity contribution in [2.75, 3.05) is 5.32 Å². The molecule has 5 nitrogen and oxygen atoms in total. The number of benzene rings is 1. The highest BCUT2D eigenvalue weighted by atomic mass is 32.1. The lowest BCUT2D eigenvalue weighted by Gasteiger charge is -2.10. The van der Waals surface area contributed by atoms with Crippen LogP contribution < -0.4 is 10.1 Å². The number of amides is 1. The van der Waals surface area contributed by atoms with Crippen molar-refractivity contribution in [3.63, 3.8) is 0 Å². The number of aromatic nitrogens is 2. The van der Waals surface area contributed by atoms with Crippen LogP contribution in [0, 0.1) is 0 Å². The van der Waals surface area contributed by atoms with Gasteiger partial charge >= 0.3 is 0 Å². The van der Waals surface area contributed by atoms with Crippen molar-refractivity contribution in [2.45, 2.75) is 6.61 Å². The van der Waals surface area contributed by atoms with Gasteiger partial charge in [0.15, 0.2) is 16.6 Å². The first-order valence-electron chi connectivity index (χ1n) is 6.65. The molecule has 0 fully saturated rings. The average molecular weight is 311 g/mol. The molecule has 0 bridgehead atoms. The Morgan fingerprint density at radius 1 is 1.09 bits per heavy atom. The van der Waals surface area contributed by atoms with Gasteiger partial charge in [-0.05, 0) is 17.7 Å². The van der Waals surface area contributed by atoms with E-state index in [0.717, 1.165) is 5.56 Å². The molecule has 3 rings (SSSR count). The van der Waals surface area contributed by atoms with E-state index in [0.29, 0.717) is 17.5 Å². The number of carbonyl (C=O) groups is 1. The van der Waals surface area contributed by atoms with E-state index < -0.39 is 0 Å². The number of hydrogen-bond donors (Lipinski definition) is 1. The summed E-state index contributed by atoms with van der Waals surface area (Å²) in [5, 5.41) is 5.03. The Morgan fingerprint density at radius 2 is 1.95 bits per heavy atom. The number of carbonyl (C=O) groups excluding carboxylic acids is 1. The van der Waals surface area contributed by atoms with E-state index in [1.165, 1.54) is 11.3 Å². The van der Waals surface area contributed by atoms with E-state index in [9.17, 15) is 4.79 Å². The predicted octanol–water partition coefficient (Wildman–Crippen LogP) is 3.37. The molecule has 0 aliphatic heterocycles. The zero-order valence-electron chi connectivity index (χ0n) is 11.6. The van der Waals surface area contributed by atoms with Gasteiger partial charge < -0.3 is 4.74 Å². The zero-order chi connectivity index (χ0) is 15.2. The minimum absolute atomic E-state index is 0.244. The van der Waals surface area contributed by atoms with Gasteiger partial charge in [-0.25, -0.2) is 9.97 Å². The standard InChI is InChI=1S/C16H13N3O2S/c20-15(19-16-18-9-10-22-16)14-13(7-4-8-17-14)21-11-12-5-2-1-3-6-12/h1-10H,11H2,(H,18,19,20).